The maximum atomic E-state index is 13.0. The molecule has 1 heterocycles. The van der Waals surface area contributed by atoms with Crippen molar-refractivity contribution in [2.45, 2.75) is 19.9 Å². The molecule has 0 amide bonds. The zero-order valence-corrected chi connectivity index (χ0v) is 12.0. The quantitative estimate of drug-likeness (QED) is 0.629. The zero-order valence-electron chi connectivity index (χ0n) is 12.0. The number of aldehydes is 1. The van der Waals surface area contributed by atoms with Crippen molar-refractivity contribution < 1.29 is 9.18 Å². The summed E-state index contributed by atoms with van der Waals surface area (Å²) < 4.78 is 15.1. The highest BCUT2D eigenvalue weighted by Gasteiger charge is 2.11. The Hall–Kier alpha value is -2.42. The summed E-state index contributed by atoms with van der Waals surface area (Å²) in [7, 11) is 0. The van der Waals surface area contributed by atoms with Crippen LogP contribution in [0.25, 0.3) is 22.0 Å². The molecule has 0 saturated heterocycles. The molecular weight excluding hydrogens is 265 g/mol. The minimum absolute atomic E-state index is 0.251. The second-order valence-corrected chi connectivity index (χ2v) is 5.44. The lowest BCUT2D eigenvalue weighted by atomic mass is 10.0. The van der Waals surface area contributed by atoms with E-state index in [9.17, 15) is 9.18 Å². The molecule has 0 spiro atoms. The fourth-order valence-electron chi connectivity index (χ4n) is 2.62. The summed E-state index contributed by atoms with van der Waals surface area (Å²) in [6.45, 7) is 4.17. The number of nitrogens with zero attached hydrogens (tertiary/aromatic N) is 1. The van der Waals surface area contributed by atoms with Gasteiger partial charge in [0.1, 0.15) is 5.82 Å². The van der Waals surface area contributed by atoms with Crippen molar-refractivity contribution in [3.8, 4) is 11.1 Å². The standard InChI is InChI=1S/C18H16FNO/c1-12(2)20-10-15(11-21)17-9-14(5-8-18(17)20)13-3-6-16(19)7-4-13/h3-12H,1-2H3. The smallest absolute Gasteiger partial charge is 0.152 e. The van der Waals surface area contributed by atoms with Crippen LogP contribution in [0.2, 0.25) is 0 Å². The largest absolute Gasteiger partial charge is 0.344 e. The summed E-state index contributed by atoms with van der Waals surface area (Å²) in [5.74, 6) is -0.251. The summed E-state index contributed by atoms with van der Waals surface area (Å²) in [5.41, 5.74) is 3.64. The fraction of sp³-hybridized carbons (Fsp3) is 0.167. The first kappa shape index (κ1) is 13.6. The summed E-state index contributed by atoms with van der Waals surface area (Å²) in [4.78, 5) is 11.3. The third-order valence-corrected chi connectivity index (χ3v) is 3.72. The van der Waals surface area contributed by atoms with Crippen molar-refractivity contribution >= 4 is 17.2 Å². The third kappa shape index (κ3) is 2.35. The molecule has 106 valence electrons. The van der Waals surface area contributed by atoms with Crippen molar-refractivity contribution in [3.63, 3.8) is 0 Å². The molecule has 0 atom stereocenters. The molecule has 0 aliphatic rings. The van der Waals surface area contributed by atoms with E-state index in [0.717, 1.165) is 28.3 Å². The molecule has 21 heavy (non-hydrogen) atoms. The normalized spacial score (nSPS) is 11.2. The molecule has 0 aliphatic heterocycles. The second-order valence-electron chi connectivity index (χ2n) is 5.44. The van der Waals surface area contributed by atoms with E-state index in [1.54, 1.807) is 12.1 Å². The first-order valence-electron chi connectivity index (χ1n) is 6.96. The number of aromatic nitrogens is 1. The Bertz CT molecular complexity index is 800. The average molecular weight is 281 g/mol. The summed E-state index contributed by atoms with van der Waals surface area (Å²) >= 11 is 0. The van der Waals surface area contributed by atoms with Crippen LogP contribution in [0, 0.1) is 5.82 Å². The third-order valence-electron chi connectivity index (χ3n) is 3.72. The first-order chi connectivity index (χ1) is 10.1. The van der Waals surface area contributed by atoms with Gasteiger partial charge in [-0.15, -0.1) is 0 Å². The lowest BCUT2D eigenvalue weighted by molar-refractivity contribution is 0.112. The van der Waals surface area contributed by atoms with Gasteiger partial charge in [-0.3, -0.25) is 4.79 Å². The number of fused-ring (bicyclic) bond motifs is 1. The Kier molecular flexibility index (Phi) is 3.34. The first-order valence-corrected chi connectivity index (χ1v) is 6.96. The molecule has 3 aromatic rings. The number of rotatable bonds is 3. The van der Waals surface area contributed by atoms with Gasteiger partial charge >= 0.3 is 0 Å². The van der Waals surface area contributed by atoms with Gasteiger partial charge in [-0.05, 0) is 49.2 Å². The Morgan fingerprint density at radius 1 is 1.05 bits per heavy atom. The number of carbonyl (C=O) groups excluding carboxylic acids is 1. The maximum absolute atomic E-state index is 13.0. The van der Waals surface area contributed by atoms with E-state index < -0.39 is 0 Å². The topological polar surface area (TPSA) is 22.0 Å². The van der Waals surface area contributed by atoms with Crippen LogP contribution in [0.15, 0.2) is 48.7 Å². The molecule has 1 aromatic heterocycles. The van der Waals surface area contributed by atoms with E-state index in [2.05, 4.69) is 18.4 Å². The van der Waals surface area contributed by atoms with Crippen LogP contribution in [0.3, 0.4) is 0 Å². The van der Waals surface area contributed by atoms with Gasteiger partial charge in [-0.1, -0.05) is 18.2 Å². The van der Waals surface area contributed by atoms with Crippen LogP contribution < -0.4 is 0 Å². The van der Waals surface area contributed by atoms with Crippen LogP contribution in [0.4, 0.5) is 4.39 Å². The molecular formula is C18H16FNO. The highest BCUT2D eigenvalue weighted by Crippen LogP contribution is 2.29. The van der Waals surface area contributed by atoms with Crippen molar-refractivity contribution in [1.82, 2.24) is 4.57 Å². The van der Waals surface area contributed by atoms with Crippen LogP contribution in [0.1, 0.15) is 30.2 Å². The second kappa shape index (κ2) is 5.17. The summed E-state index contributed by atoms with van der Waals surface area (Å²) in [6, 6.07) is 12.7. The lowest BCUT2D eigenvalue weighted by Crippen LogP contribution is -1.97. The van der Waals surface area contributed by atoms with Crippen molar-refractivity contribution in [3.05, 3.63) is 60.0 Å². The summed E-state index contributed by atoms with van der Waals surface area (Å²) in [5, 5.41) is 0.931. The predicted octanol–water partition coefficient (Wildman–Crippen LogP) is 4.84. The molecule has 2 aromatic carbocycles. The monoisotopic (exact) mass is 281 g/mol. The maximum Gasteiger partial charge on any atom is 0.152 e. The van der Waals surface area contributed by atoms with Gasteiger partial charge in [-0.25, -0.2) is 4.39 Å². The molecule has 3 heteroatoms. The molecule has 0 bridgehead atoms. The summed E-state index contributed by atoms with van der Waals surface area (Å²) in [6.07, 6.45) is 2.77. The predicted molar refractivity (Wildman–Crippen MR) is 83.1 cm³/mol. The van der Waals surface area contributed by atoms with Crippen molar-refractivity contribution in [2.75, 3.05) is 0 Å². The Labute approximate surface area is 122 Å². The SMILES string of the molecule is CC(C)n1cc(C=O)c2cc(-c3ccc(F)cc3)ccc21. The zero-order chi connectivity index (χ0) is 15.0. The average Bonchev–Trinajstić information content (AvgIpc) is 2.86. The van der Waals surface area contributed by atoms with Crippen LogP contribution in [-0.2, 0) is 0 Å². The van der Waals surface area contributed by atoms with Gasteiger partial charge in [0, 0.05) is 28.7 Å². The molecule has 3 rings (SSSR count). The van der Waals surface area contributed by atoms with Gasteiger partial charge in [0.05, 0.1) is 0 Å². The van der Waals surface area contributed by atoms with Gasteiger partial charge in [0.25, 0.3) is 0 Å². The van der Waals surface area contributed by atoms with Gasteiger partial charge < -0.3 is 4.57 Å². The van der Waals surface area contributed by atoms with Crippen LogP contribution in [-0.4, -0.2) is 10.9 Å². The lowest BCUT2D eigenvalue weighted by Gasteiger charge is -2.09. The van der Waals surface area contributed by atoms with Crippen LogP contribution in [0.5, 0.6) is 0 Å². The van der Waals surface area contributed by atoms with Crippen molar-refractivity contribution in [2.24, 2.45) is 0 Å². The number of carbonyl (C=O) groups is 1. The van der Waals surface area contributed by atoms with Gasteiger partial charge in [-0.2, -0.15) is 0 Å². The minimum atomic E-state index is -0.251. The molecule has 0 fully saturated rings. The minimum Gasteiger partial charge on any atom is -0.344 e. The van der Waals surface area contributed by atoms with E-state index in [0.29, 0.717) is 5.56 Å². The van der Waals surface area contributed by atoms with E-state index in [-0.39, 0.29) is 11.9 Å². The molecule has 0 radical (unpaired) electrons. The van der Waals surface area contributed by atoms with Crippen molar-refractivity contribution in [1.29, 1.82) is 0 Å². The van der Waals surface area contributed by atoms with E-state index in [4.69, 9.17) is 0 Å². The fourth-order valence-corrected chi connectivity index (χ4v) is 2.62. The Morgan fingerprint density at radius 2 is 1.71 bits per heavy atom. The molecule has 0 saturated carbocycles. The molecule has 0 N–H and O–H groups in total. The van der Waals surface area contributed by atoms with E-state index in [1.165, 1.54) is 12.1 Å². The van der Waals surface area contributed by atoms with E-state index >= 15 is 0 Å². The van der Waals surface area contributed by atoms with E-state index in [1.807, 2.05) is 24.4 Å². The van der Waals surface area contributed by atoms with Crippen LogP contribution >= 0.6 is 0 Å². The molecule has 0 aliphatic carbocycles. The molecule has 0 unspecified atom stereocenters. The Balaban J connectivity index is 2.19. The molecule has 2 nitrogen and oxygen atoms in total. The number of benzene rings is 2. The number of hydrogen-bond acceptors (Lipinski definition) is 1. The van der Waals surface area contributed by atoms with Gasteiger partial charge in [0.2, 0.25) is 0 Å². The number of hydrogen-bond donors (Lipinski definition) is 0. The Morgan fingerprint density at radius 3 is 2.33 bits per heavy atom. The number of halogens is 1. The van der Waals surface area contributed by atoms with Gasteiger partial charge in [0.15, 0.2) is 6.29 Å². The highest BCUT2D eigenvalue weighted by molar-refractivity contribution is 5.99. The highest BCUT2D eigenvalue weighted by atomic mass is 19.1.